The molecule has 1 aromatic rings. The molecule has 0 radical (unpaired) electrons. The number of aromatic amines is 1. The lowest BCUT2D eigenvalue weighted by Gasteiger charge is -2.25. The van der Waals surface area contributed by atoms with E-state index < -0.39 is 0 Å². The Morgan fingerprint density at radius 1 is 1.10 bits per heavy atom. The van der Waals surface area contributed by atoms with Crippen LogP contribution in [0, 0.1) is 0 Å². The third-order valence-corrected chi connectivity index (χ3v) is 4.45. The highest BCUT2D eigenvalue weighted by Crippen LogP contribution is 2.35. The summed E-state index contributed by atoms with van der Waals surface area (Å²) in [6.07, 6.45) is 6.30. The van der Waals surface area contributed by atoms with Crippen molar-refractivity contribution in [2.24, 2.45) is 0 Å². The highest BCUT2D eigenvalue weighted by atomic mass is 15.0. The second-order valence-corrected chi connectivity index (χ2v) is 7.19. The SMILES string of the molecule is CCCCCC(C)(C)c1nc(C(C)C)[nH]c1C(C)CC. The van der Waals surface area contributed by atoms with Crippen LogP contribution in [0.3, 0.4) is 0 Å². The minimum atomic E-state index is 0.178. The van der Waals surface area contributed by atoms with E-state index in [1.165, 1.54) is 37.1 Å². The minimum absolute atomic E-state index is 0.178. The van der Waals surface area contributed by atoms with Gasteiger partial charge in [-0.05, 0) is 18.8 Å². The smallest absolute Gasteiger partial charge is 0.109 e. The molecule has 0 aliphatic rings. The molecule has 0 saturated heterocycles. The van der Waals surface area contributed by atoms with Crippen molar-refractivity contribution in [2.75, 3.05) is 0 Å². The molecule has 0 bridgehead atoms. The summed E-state index contributed by atoms with van der Waals surface area (Å²) < 4.78 is 0. The summed E-state index contributed by atoms with van der Waals surface area (Å²) in [4.78, 5) is 8.59. The van der Waals surface area contributed by atoms with Gasteiger partial charge in [0.1, 0.15) is 5.82 Å². The number of imidazole rings is 1. The number of nitrogens with one attached hydrogen (secondary N) is 1. The van der Waals surface area contributed by atoms with Gasteiger partial charge in [0.25, 0.3) is 0 Å². The van der Waals surface area contributed by atoms with E-state index in [0.717, 1.165) is 12.2 Å². The van der Waals surface area contributed by atoms with Gasteiger partial charge < -0.3 is 4.98 Å². The maximum Gasteiger partial charge on any atom is 0.109 e. The first-order valence-electron chi connectivity index (χ1n) is 8.43. The Morgan fingerprint density at radius 3 is 2.25 bits per heavy atom. The van der Waals surface area contributed by atoms with E-state index in [1.807, 2.05) is 0 Å². The second kappa shape index (κ2) is 7.28. The summed E-state index contributed by atoms with van der Waals surface area (Å²) in [5, 5.41) is 0. The number of rotatable bonds is 8. The summed E-state index contributed by atoms with van der Waals surface area (Å²) in [6.45, 7) is 16.0. The van der Waals surface area contributed by atoms with Crippen LogP contribution in [0.15, 0.2) is 0 Å². The number of unbranched alkanes of at least 4 members (excludes halogenated alkanes) is 2. The zero-order valence-electron chi connectivity index (χ0n) is 14.6. The van der Waals surface area contributed by atoms with Gasteiger partial charge in [0.15, 0.2) is 0 Å². The number of hydrogen-bond donors (Lipinski definition) is 1. The van der Waals surface area contributed by atoms with Gasteiger partial charge in [-0.2, -0.15) is 0 Å². The second-order valence-electron chi connectivity index (χ2n) is 7.19. The van der Waals surface area contributed by atoms with E-state index in [9.17, 15) is 0 Å². The first-order valence-corrected chi connectivity index (χ1v) is 8.43. The van der Waals surface area contributed by atoms with Gasteiger partial charge in [-0.1, -0.05) is 67.7 Å². The summed E-state index contributed by atoms with van der Waals surface area (Å²) in [5.41, 5.74) is 2.86. The van der Waals surface area contributed by atoms with Crippen molar-refractivity contribution in [2.45, 2.75) is 97.8 Å². The van der Waals surface area contributed by atoms with E-state index in [4.69, 9.17) is 4.98 Å². The molecule has 0 fully saturated rings. The van der Waals surface area contributed by atoms with Gasteiger partial charge in [-0.25, -0.2) is 4.98 Å². The van der Waals surface area contributed by atoms with Crippen LogP contribution in [-0.2, 0) is 5.41 Å². The molecule has 0 amide bonds. The molecule has 1 N–H and O–H groups in total. The lowest BCUT2D eigenvalue weighted by molar-refractivity contribution is 0.433. The zero-order valence-corrected chi connectivity index (χ0v) is 14.6. The quantitative estimate of drug-likeness (QED) is 0.589. The average molecular weight is 278 g/mol. The van der Waals surface area contributed by atoms with Gasteiger partial charge in [0.05, 0.1) is 5.69 Å². The van der Waals surface area contributed by atoms with Crippen molar-refractivity contribution in [3.05, 3.63) is 17.2 Å². The molecule has 0 aliphatic heterocycles. The molecular weight excluding hydrogens is 244 g/mol. The molecule has 2 heteroatoms. The Morgan fingerprint density at radius 2 is 1.75 bits per heavy atom. The molecule has 0 aromatic carbocycles. The Kier molecular flexibility index (Phi) is 6.29. The molecule has 20 heavy (non-hydrogen) atoms. The normalized spacial score (nSPS) is 14.0. The van der Waals surface area contributed by atoms with Crippen molar-refractivity contribution in [1.82, 2.24) is 9.97 Å². The predicted molar refractivity (Wildman–Crippen MR) is 88.6 cm³/mol. The van der Waals surface area contributed by atoms with Crippen LogP contribution in [0.4, 0.5) is 0 Å². The van der Waals surface area contributed by atoms with Crippen molar-refractivity contribution < 1.29 is 0 Å². The van der Waals surface area contributed by atoms with Crippen LogP contribution in [0.1, 0.15) is 110 Å². The van der Waals surface area contributed by atoms with Crippen LogP contribution in [0.25, 0.3) is 0 Å². The topological polar surface area (TPSA) is 28.7 Å². The van der Waals surface area contributed by atoms with Crippen LogP contribution in [0.5, 0.6) is 0 Å². The summed E-state index contributed by atoms with van der Waals surface area (Å²) >= 11 is 0. The molecule has 1 atom stereocenters. The lowest BCUT2D eigenvalue weighted by atomic mass is 9.80. The Balaban J connectivity index is 3.06. The van der Waals surface area contributed by atoms with Gasteiger partial charge in [0.2, 0.25) is 0 Å². The molecule has 1 aromatic heterocycles. The Labute approximate surface area is 125 Å². The van der Waals surface area contributed by atoms with Gasteiger partial charge in [0, 0.05) is 17.0 Å². The van der Waals surface area contributed by atoms with Crippen molar-refractivity contribution in [3.63, 3.8) is 0 Å². The van der Waals surface area contributed by atoms with Crippen LogP contribution in [-0.4, -0.2) is 9.97 Å². The third-order valence-electron chi connectivity index (χ3n) is 4.45. The number of aromatic nitrogens is 2. The summed E-state index contributed by atoms with van der Waals surface area (Å²) in [7, 11) is 0. The van der Waals surface area contributed by atoms with Gasteiger partial charge in [-0.15, -0.1) is 0 Å². The first-order chi connectivity index (χ1) is 9.33. The average Bonchev–Trinajstić information content (AvgIpc) is 2.84. The van der Waals surface area contributed by atoms with Crippen molar-refractivity contribution in [1.29, 1.82) is 0 Å². The monoisotopic (exact) mass is 278 g/mol. The van der Waals surface area contributed by atoms with E-state index in [2.05, 4.69) is 53.5 Å². The van der Waals surface area contributed by atoms with Crippen LogP contribution in [0.2, 0.25) is 0 Å². The molecule has 1 unspecified atom stereocenters. The Hall–Kier alpha value is -0.790. The van der Waals surface area contributed by atoms with E-state index in [1.54, 1.807) is 0 Å². The minimum Gasteiger partial charge on any atom is -0.345 e. The van der Waals surface area contributed by atoms with Crippen molar-refractivity contribution in [3.8, 4) is 0 Å². The Bertz CT molecular complexity index is 402. The molecule has 1 rings (SSSR count). The van der Waals surface area contributed by atoms with E-state index in [-0.39, 0.29) is 5.41 Å². The maximum absolute atomic E-state index is 4.97. The van der Waals surface area contributed by atoms with Crippen molar-refractivity contribution >= 4 is 0 Å². The summed E-state index contributed by atoms with van der Waals surface area (Å²) in [5.74, 6) is 2.19. The zero-order chi connectivity index (χ0) is 15.3. The first kappa shape index (κ1) is 17.3. The number of H-pyrrole nitrogens is 1. The lowest BCUT2D eigenvalue weighted by Crippen LogP contribution is -2.20. The van der Waals surface area contributed by atoms with Crippen LogP contribution < -0.4 is 0 Å². The standard InChI is InChI=1S/C18H34N2/c1-8-10-11-12-18(6,7)16-15(14(5)9-2)19-17(20-16)13(3)4/h13-14H,8-12H2,1-7H3,(H,19,20). The maximum atomic E-state index is 4.97. The molecule has 1 heterocycles. The molecule has 2 nitrogen and oxygen atoms in total. The van der Waals surface area contributed by atoms with E-state index >= 15 is 0 Å². The molecule has 116 valence electrons. The summed E-state index contributed by atoms with van der Waals surface area (Å²) in [6, 6.07) is 0. The molecular formula is C18H34N2. The van der Waals surface area contributed by atoms with Crippen LogP contribution >= 0.6 is 0 Å². The number of nitrogens with zero attached hydrogens (tertiary/aromatic N) is 1. The molecule has 0 saturated carbocycles. The van der Waals surface area contributed by atoms with Gasteiger partial charge in [-0.3, -0.25) is 0 Å². The highest BCUT2D eigenvalue weighted by Gasteiger charge is 2.29. The van der Waals surface area contributed by atoms with E-state index in [0.29, 0.717) is 11.8 Å². The molecule has 0 aliphatic carbocycles. The fraction of sp³-hybridized carbons (Fsp3) is 0.833. The molecule has 0 spiro atoms. The third kappa shape index (κ3) is 4.10. The predicted octanol–water partition coefficient (Wildman–Crippen LogP) is 5.90. The number of hydrogen-bond acceptors (Lipinski definition) is 1. The largest absolute Gasteiger partial charge is 0.345 e. The van der Waals surface area contributed by atoms with Gasteiger partial charge >= 0.3 is 0 Å². The fourth-order valence-corrected chi connectivity index (χ4v) is 2.69. The highest BCUT2D eigenvalue weighted by molar-refractivity contribution is 5.27. The fourth-order valence-electron chi connectivity index (χ4n) is 2.69.